The summed E-state index contributed by atoms with van der Waals surface area (Å²) in [4.78, 5) is 32.0. The summed E-state index contributed by atoms with van der Waals surface area (Å²) in [6, 6.07) is 4.77. The first-order valence-corrected chi connectivity index (χ1v) is 14.5. The number of nitrogens with two attached hydrogens (primary N) is 2. The number of nitrogens with zero attached hydrogens (tertiary/aromatic N) is 7. The Balaban J connectivity index is 1.13. The highest BCUT2D eigenvalue weighted by molar-refractivity contribution is 7.13. The molecular formula is C27H34N10O2S. The molecule has 1 saturated carbocycles. The number of amides is 1. The highest BCUT2D eigenvalue weighted by Gasteiger charge is 2.30. The third kappa shape index (κ3) is 5.30. The molecule has 1 aliphatic carbocycles. The fourth-order valence-corrected chi connectivity index (χ4v) is 6.59. The summed E-state index contributed by atoms with van der Waals surface area (Å²) in [5, 5.41) is 9.20. The van der Waals surface area contributed by atoms with Crippen LogP contribution >= 0.6 is 11.3 Å². The number of hydrogen-bond donors (Lipinski definition) is 3. The summed E-state index contributed by atoms with van der Waals surface area (Å²) < 4.78 is 7.95. The van der Waals surface area contributed by atoms with Crippen molar-refractivity contribution in [1.29, 1.82) is 0 Å². The number of rotatable bonds is 7. The Hall–Kier alpha value is -3.84. The van der Waals surface area contributed by atoms with E-state index in [4.69, 9.17) is 16.2 Å². The van der Waals surface area contributed by atoms with E-state index in [0.717, 1.165) is 79.2 Å². The maximum absolute atomic E-state index is 11.7. The lowest BCUT2D eigenvalue weighted by atomic mass is 9.91. The quantitative estimate of drug-likeness (QED) is 0.305. The van der Waals surface area contributed by atoms with E-state index in [1.165, 1.54) is 17.7 Å². The largest absolute Gasteiger partial charge is 0.473 e. The standard InChI is InChI=1S/C27H34N10O2S/c1-15-30-10-9-20(33-15)21-12-22(23-25(28)31-14-32-37(21)23)36-11-3-4-18(13-36)35-17-5-7-19(8-6-17)39-27-24(26(29)38)40-16(2)34-27/h9-10,12,14,17-19,35H,3-8,11,13H2,1-2H3,(H2,29,38)(H2,28,31,32)/t17?,18-,19?/m1/s1. The number of nitrogen functional groups attached to an aromatic ring is 1. The molecule has 0 radical (unpaired) electrons. The Morgan fingerprint density at radius 2 is 1.95 bits per heavy atom. The Labute approximate surface area is 236 Å². The van der Waals surface area contributed by atoms with E-state index < -0.39 is 5.91 Å². The van der Waals surface area contributed by atoms with Crippen LogP contribution in [-0.4, -0.2) is 66.7 Å². The van der Waals surface area contributed by atoms with Crippen LogP contribution in [0.25, 0.3) is 16.9 Å². The van der Waals surface area contributed by atoms with Gasteiger partial charge in [0, 0.05) is 31.4 Å². The van der Waals surface area contributed by atoms with Crippen molar-refractivity contribution in [3.63, 3.8) is 0 Å². The molecule has 2 aliphatic rings. The number of carbonyl (C=O) groups is 1. The van der Waals surface area contributed by atoms with E-state index in [1.54, 1.807) is 6.20 Å². The zero-order valence-corrected chi connectivity index (χ0v) is 23.5. The first-order chi connectivity index (χ1) is 19.4. The van der Waals surface area contributed by atoms with Crippen LogP contribution in [0.5, 0.6) is 5.88 Å². The van der Waals surface area contributed by atoms with Gasteiger partial charge in [0.05, 0.1) is 22.1 Å². The summed E-state index contributed by atoms with van der Waals surface area (Å²) >= 11 is 1.28. The van der Waals surface area contributed by atoms with Crippen molar-refractivity contribution < 1.29 is 9.53 Å². The van der Waals surface area contributed by atoms with E-state index >= 15 is 0 Å². The minimum absolute atomic E-state index is 0.0417. The second-order valence-electron chi connectivity index (χ2n) is 10.6. The van der Waals surface area contributed by atoms with Crippen LogP contribution in [0.15, 0.2) is 24.7 Å². The molecule has 2 fully saturated rings. The molecule has 4 aromatic heterocycles. The van der Waals surface area contributed by atoms with Gasteiger partial charge in [0.1, 0.15) is 23.8 Å². The van der Waals surface area contributed by atoms with Crippen molar-refractivity contribution >= 4 is 34.3 Å². The number of aromatic nitrogens is 6. The molecule has 0 unspecified atom stereocenters. The molecule has 5 heterocycles. The second kappa shape index (κ2) is 11.0. The molecule has 1 amide bonds. The third-order valence-corrected chi connectivity index (χ3v) is 8.68. The van der Waals surface area contributed by atoms with Crippen LogP contribution in [0.2, 0.25) is 0 Å². The van der Waals surface area contributed by atoms with Crippen LogP contribution < -0.4 is 26.4 Å². The lowest BCUT2D eigenvalue weighted by molar-refractivity contribution is 0.0985. The number of thiazole rings is 1. The Bertz CT molecular complexity index is 1530. The smallest absolute Gasteiger partial charge is 0.264 e. The van der Waals surface area contributed by atoms with Crippen LogP contribution in [0, 0.1) is 13.8 Å². The summed E-state index contributed by atoms with van der Waals surface area (Å²) in [5.74, 6) is 1.05. The van der Waals surface area contributed by atoms with Gasteiger partial charge in [-0.15, -0.1) is 11.3 Å². The van der Waals surface area contributed by atoms with E-state index in [1.807, 2.05) is 24.4 Å². The third-order valence-electron chi connectivity index (χ3n) is 7.71. The number of fused-ring (bicyclic) bond motifs is 1. The number of aryl methyl sites for hydroxylation is 2. The summed E-state index contributed by atoms with van der Waals surface area (Å²) in [7, 11) is 0. The number of carbonyl (C=O) groups excluding carboxylic acids is 1. The Morgan fingerprint density at radius 3 is 2.73 bits per heavy atom. The van der Waals surface area contributed by atoms with Gasteiger partial charge in [-0.1, -0.05) is 0 Å². The normalized spacial score (nSPS) is 21.6. The number of hydrogen-bond acceptors (Lipinski definition) is 11. The highest BCUT2D eigenvalue weighted by atomic mass is 32.1. The molecule has 12 nitrogen and oxygen atoms in total. The Kier molecular flexibility index (Phi) is 7.24. The Morgan fingerprint density at radius 1 is 1.12 bits per heavy atom. The topological polar surface area (TPSA) is 162 Å². The zero-order chi connectivity index (χ0) is 27.8. The summed E-state index contributed by atoms with van der Waals surface area (Å²) in [5.41, 5.74) is 15.4. The van der Waals surface area contributed by atoms with Gasteiger partial charge in [-0.3, -0.25) is 4.79 Å². The SMILES string of the molecule is Cc1nccc(-c2cc(N3CCC[C@@H](NC4CCC(Oc5nc(C)sc5C(N)=O)CC4)C3)c3c(N)ncnn23)n1. The van der Waals surface area contributed by atoms with Gasteiger partial charge >= 0.3 is 0 Å². The van der Waals surface area contributed by atoms with Gasteiger partial charge in [0.25, 0.3) is 5.91 Å². The van der Waals surface area contributed by atoms with Gasteiger partial charge in [-0.2, -0.15) is 5.10 Å². The molecule has 4 aromatic rings. The number of primary amides is 1. The van der Waals surface area contributed by atoms with Crippen molar-refractivity contribution in [1.82, 2.24) is 34.9 Å². The maximum atomic E-state index is 11.7. The second-order valence-corrected chi connectivity index (χ2v) is 11.8. The molecule has 0 bridgehead atoms. The predicted molar refractivity (Wildman–Crippen MR) is 154 cm³/mol. The van der Waals surface area contributed by atoms with Crippen LogP contribution in [-0.2, 0) is 0 Å². The lowest BCUT2D eigenvalue weighted by Crippen LogP contribution is -2.50. The number of anilines is 2. The molecule has 1 saturated heterocycles. The van der Waals surface area contributed by atoms with Gasteiger partial charge < -0.3 is 26.4 Å². The molecule has 210 valence electrons. The van der Waals surface area contributed by atoms with E-state index in [2.05, 4.69) is 41.3 Å². The molecule has 1 atom stereocenters. The molecule has 6 rings (SSSR count). The number of piperidine rings is 1. The van der Waals surface area contributed by atoms with Gasteiger partial charge in [0.2, 0.25) is 5.88 Å². The first-order valence-electron chi connectivity index (χ1n) is 13.7. The molecule has 40 heavy (non-hydrogen) atoms. The van der Waals surface area contributed by atoms with Crippen molar-refractivity contribution in [2.45, 2.75) is 70.6 Å². The highest BCUT2D eigenvalue weighted by Crippen LogP contribution is 2.35. The number of ether oxygens (including phenoxy) is 1. The minimum atomic E-state index is -0.485. The maximum Gasteiger partial charge on any atom is 0.264 e. The number of nitrogens with one attached hydrogen (secondary N) is 1. The predicted octanol–water partition coefficient (Wildman–Crippen LogP) is 2.89. The summed E-state index contributed by atoms with van der Waals surface area (Å²) in [6.07, 6.45) is 9.29. The minimum Gasteiger partial charge on any atom is -0.473 e. The summed E-state index contributed by atoms with van der Waals surface area (Å²) in [6.45, 7) is 5.54. The van der Waals surface area contributed by atoms with Crippen molar-refractivity contribution in [3.8, 4) is 17.3 Å². The average Bonchev–Trinajstić information content (AvgIpc) is 3.51. The van der Waals surface area contributed by atoms with Gasteiger partial charge in [-0.05, 0) is 64.5 Å². The molecule has 1 aliphatic heterocycles. The van der Waals surface area contributed by atoms with E-state index in [-0.39, 0.29) is 6.10 Å². The van der Waals surface area contributed by atoms with E-state index in [0.29, 0.717) is 34.5 Å². The lowest BCUT2D eigenvalue weighted by Gasteiger charge is -2.38. The van der Waals surface area contributed by atoms with Crippen LogP contribution in [0.3, 0.4) is 0 Å². The van der Waals surface area contributed by atoms with Gasteiger partial charge in [-0.25, -0.2) is 24.5 Å². The van der Waals surface area contributed by atoms with Crippen molar-refractivity contribution in [3.05, 3.63) is 40.4 Å². The first kappa shape index (κ1) is 26.4. The van der Waals surface area contributed by atoms with E-state index in [9.17, 15) is 4.79 Å². The zero-order valence-electron chi connectivity index (χ0n) is 22.7. The van der Waals surface area contributed by atoms with Gasteiger partial charge in [0.15, 0.2) is 10.7 Å². The molecule has 0 spiro atoms. The molecule has 5 N–H and O–H groups in total. The fraction of sp³-hybridized carbons (Fsp3) is 0.481. The fourth-order valence-electron chi connectivity index (χ4n) is 5.88. The molecule has 13 heteroatoms. The van der Waals surface area contributed by atoms with Crippen LogP contribution in [0.4, 0.5) is 11.5 Å². The monoisotopic (exact) mass is 562 g/mol. The van der Waals surface area contributed by atoms with Crippen molar-refractivity contribution in [2.24, 2.45) is 5.73 Å². The van der Waals surface area contributed by atoms with Crippen molar-refractivity contribution in [2.75, 3.05) is 23.7 Å². The van der Waals surface area contributed by atoms with Crippen LogP contribution in [0.1, 0.15) is 59.0 Å². The molecule has 0 aromatic carbocycles. The molecular weight excluding hydrogens is 528 g/mol. The average molecular weight is 563 g/mol.